The maximum absolute atomic E-state index is 12.0. The molecule has 0 bridgehead atoms. The summed E-state index contributed by atoms with van der Waals surface area (Å²) >= 11 is 0. The van der Waals surface area contributed by atoms with Crippen LogP contribution in [0.25, 0.3) is 0 Å². The molecule has 0 amide bonds. The van der Waals surface area contributed by atoms with E-state index in [1.165, 1.54) is 13.2 Å². The normalized spacial score (nSPS) is 10.8. The molecule has 0 aliphatic heterocycles. The van der Waals surface area contributed by atoms with Crippen molar-refractivity contribution >= 4 is 22.4 Å². The molecular weight excluding hydrogens is 276 g/mol. The molecule has 0 atom stereocenters. The molecule has 0 unspecified atom stereocenters. The molecule has 0 radical (unpaired) electrons. The molecule has 0 aromatic heterocycles. The molecule has 0 aliphatic carbocycles. The molecule has 104 valence electrons. The maximum atomic E-state index is 12.0. The first-order valence-corrected chi connectivity index (χ1v) is 6.87. The highest BCUT2D eigenvalue weighted by molar-refractivity contribution is 7.89. The van der Waals surface area contributed by atoms with Gasteiger partial charge in [-0.15, -0.1) is 12.4 Å². The molecule has 1 rings (SSSR count). The van der Waals surface area contributed by atoms with Gasteiger partial charge in [0.25, 0.3) is 0 Å². The van der Waals surface area contributed by atoms with E-state index >= 15 is 0 Å². The number of hydrogen-bond donors (Lipinski definition) is 2. The SMILES string of the molecule is CNCCCNS(=O)(=O)c1ccccc1OC.Cl. The first-order chi connectivity index (χ1) is 8.11. The van der Waals surface area contributed by atoms with Crippen molar-refractivity contribution in [1.29, 1.82) is 0 Å². The zero-order chi connectivity index (χ0) is 12.7. The average molecular weight is 295 g/mol. The van der Waals surface area contributed by atoms with Crippen LogP contribution in [0.1, 0.15) is 6.42 Å². The van der Waals surface area contributed by atoms with Gasteiger partial charge >= 0.3 is 0 Å². The van der Waals surface area contributed by atoms with Crippen LogP contribution in [0.3, 0.4) is 0 Å². The first-order valence-electron chi connectivity index (χ1n) is 5.39. The third-order valence-electron chi connectivity index (χ3n) is 2.25. The van der Waals surface area contributed by atoms with Gasteiger partial charge in [0.15, 0.2) is 0 Å². The predicted octanol–water partition coefficient (Wildman–Crippen LogP) is 1.00. The maximum Gasteiger partial charge on any atom is 0.244 e. The molecule has 7 heteroatoms. The topological polar surface area (TPSA) is 67.4 Å². The molecule has 0 fully saturated rings. The van der Waals surface area contributed by atoms with Crippen LogP contribution in [0, 0.1) is 0 Å². The zero-order valence-corrected chi connectivity index (χ0v) is 12.1. The van der Waals surface area contributed by atoms with Crippen molar-refractivity contribution in [3.8, 4) is 5.75 Å². The van der Waals surface area contributed by atoms with Crippen molar-refractivity contribution in [2.24, 2.45) is 0 Å². The highest BCUT2D eigenvalue weighted by atomic mass is 35.5. The third kappa shape index (κ3) is 4.81. The van der Waals surface area contributed by atoms with Crippen molar-refractivity contribution in [3.05, 3.63) is 24.3 Å². The van der Waals surface area contributed by atoms with Gasteiger partial charge in [0.1, 0.15) is 10.6 Å². The predicted molar refractivity (Wildman–Crippen MR) is 74.0 cm³/mol. The summed E-state index contributed by atoms with van der Waals surface area (Å²) in [5, 5.41) is 2.96. The Morgan fingerprint density at radius 1 is 1.22 bits per heavy atom. The van der Waals surface area contributed by atoms with E-state index < -0.39 is 10.0 Å². The Morgan fingerprint density at radius 3 is 2.50 bits per heavy atom. The quantitative estimate of drug-likeness (QED) is 0.737. The van der Waals surface area contributed by atoms with Crippen molar-refractivity contribution in [3.63, 3.8) is 0 Å². The highest BCUT2D eigenvalue weighted by Gasteiger charge is 2.17. The number of hydrogen-bond acceptors (Lipinski definition) is 4. The van der Waals surface area contributed by atoms with E-state index in [0.717, 1.165) is 13.0 Å². The van der Waals surface area contributed by atoms with E-state index in [1.807, 2.05) is 7.05 Å². The molecule has 1 aromatic rings. The Morgan fingerprint density at radius 2 is 1.89 bits per heavy atom. The molecule has 0 aliphatic rings. The van der Waals surface area contributed by atoms with Crippen molar-refractivity contribution in [2.75, 3.05) is 27.2 Å². The van der Waals surface area contributed by atoms with Crippen LogP contribution in [0.5, 0.6) is 5.75 Å². The number of para-hydroxylation sites is 1. The number of methoxy groups -OCH3 is 1. The van der Waals surface area contributed by atoms with Gasteiger partial charge in [0.05, 0.1) is 7.11 Å². The van der Waals surface area contributed by atoms with Gasteiger partial charge in [-0.3, -0.25) is 0 Å². The van der Waals surface area contributed by atoms with Crippen molar-refractivity contribution < 1.29 is 13.2 Å². The number of sulfonamides is 1. The van der Waals surface area contributed by atoms with Gasteiger partial charge in [0, 0.05) is 6.54 Å². The molecular formula is C11H19ClN2O3S. The lowest BCUT2D eigenvalue weighted by molar-refractivity contribution is 0.402. The molecule has 18 heavy (non-hydrogen) atoms. The fourth-order valence-corrected chi connectivity index (χ4v) is 2.63. The smallest absolute Gasteiger partial charge is 0.244 e. The molecule has 0 spiro atoms. The summed E-state index contributed by atoms with van der Waals surface area (Å²) in [6, 6.07) is 6.56. The lowest BCUT2D eigenvalue weighted by Gasteiger charge is -2.10. The minimum Gasteiger partial charge on any atom is -0.495 e. The van der Waals surface area contributed by atoms with E-state index in [4.69, 9.17) is 4.74 Å². The number of ether oxygens (including phenoxy) is 1. The zero-order valence-electron chi connectivity index (χ0n) is 10.5. The lowest BCUT2D eigenvalue weighted by atomic mass is 10.3. The van der Waals surface area contributed by atoms with Crippen LogP contribution in [0.4, 0.5) is 0 Å². The molecule has 0 saturated carbocycles. The second-order valence-electron chi connectivity index (χ2n) is 3.51. The minimum absolute atomic E-state index is 0. The summed E-state index contributed by atoms with van der Waals surface area (Å²) in [5.74, 6) is 0.355. The number of halogens is 1. The van der Waals surface area contributed by atoms with E-state index in [9.17, 15) is 8.42 Å². The highest BCUT2D eigenvalue weighted by Crippen LogP contribution is 2.22. The van der Waals surface area contributed by atoms with E-state index in [2.05, 4.69) is 10.0 Å². The summed E-state index contributed by atoms with van der Waals surface area (Å²) in [5.41, 5.74) is 0. The average Bonchev–Trinajstić information content (AvgIpc) is 2.34. The number of nitrogens with one attached hydrogen (secondary N) is 2. The number of benzene rings is 1. The van der Waals surface area contributed by atoms with Crippen LogP contribution >= 0.6 is 12.4 Å². The van der Waals surface area contributed by atoms with Gasteiger partial charge in [-0.25, -0.2) is 13.1 Å². The van der Waals surface area contributed by atoms with E-state index in [-0.39, 0.29) is 17.3 Å². The van der Waals surface area contributed by atoms with Gasteiger partial charge in [0.2, 0.25) is 10.0 Å². The van der Waals surface area contributed by atoms with E-state index in [1.54, 1.807) is 18.2 Å². The van der Waals surface area contributed by atoms with E-state index in [0.29, 0.717) is 12.3 Å². The van der Waals surface area contributed by atoms with Gasteiger partial charge in [-0.2, -0.15) is 0 Å². The largest absolute Gasteiger partial charge is 0.495 e. The standard InChI is InChI=1S/C11H18N2O3S.ClH/c1-12-8-5-9-13-17(14,15)11-7-4-3-6-10(11)16-2;/h3-4,6-7,12-13H,5,8-9H2,1-2H3;1H. The minimum atomic E-state index is -3.49. The third-order valence-corrected chi connectivity index (χ3v) is 3.75. The Labute approximate surface area is 114 Å². The second-order valence-corrected chi connectivity index (χ2v) is 5.24. The summed E-state index contributed by atoms with van der Waals surface area (Å²) in [4.78, 5) is 0.173. The molecule has 2 N–H and O–H groups in total. The van der Waals surface area contributed by atoms with Gasteiger partial charge < -0.3 is 10.1 Å². The Hall–Kier alpha value is -0.820. The molecule has 1 aromatic carbocycles. The van der Waals surface area contributed by atoms with Crippen LogP contribution in [0.15, 0.2) is 29.2 Å². The summed E-state index contributed by atoms with van der Waals surface area (Å²) < 4.78 is 31.5. The fourth-order valence-electron chi connectivity index (χ4n) is 1.39. The second kappa shape index (κ2) is 8.31. The van der Waals surface area contributed by atoms with Crippen LogP contribution < -0.4 is 14.8 Å². The Bertz CT molecular complexity index is 451. The van der Waals surface area contributed by atoms with Gasteiger partial charge in [-0.1, -0.05) is 12.1 Å². The number of rotatable bonds is 7. The lowest BCUT2D eigenvalue weighted by Crippen LogP contribution is -2.27. The van der Waals surface area contributed by atoms with Crippen LogP contribution in [0.2, 0.25) is 0 Å². The Kier molecular flexibility index (Phi) is 7.93. The van der Waals surface area contributed by atoms with Crippen LogP contribution in [-0.4, -0.2) is 35.7 Å². The van der Waals surface area contributed by atoms with Crippen molar-refractivity contribution in [1.82, 2.24) is 10.0 Å². The molecule has 5 nitrogen and oxygen atoms in total. The first kappa shape index (κ1) is 17.2. The van der Waals surface area contributed by atoms with Crippen molar-refractivity contribution in [2.45, 2.75) is 11.3 Å². The summed E-state index contributed by atoms with van der Waals surface area (Å²) in [7, 11) is -0.204. The molecule has 0 heterocycles. The fraction of sp³-hybridized carbons (Fsp3) is 0.455. The summed E-state index contributed by atoms with van der Waals surface area (Å²) in [6.45, 7) is 1.18. The van der Waals surface area contributed by atoms with Crippen LogP contribution in [-0.2, 0) is 10.0 Å². The summed E-state index contributed by atoms with van der Waals surface area (Å²) in [6.07, 6.45) is 0.741. The van der Waals surface area contributed by atoms with Gasteiger partial charge in [-0.05, 0) is 32.1 Å². The monoisotopic (exact) mass is 294 g/mol. The Balaban J connectivity index is 0.00000289. The molecule has 0 saturated heterocycles.